The summed E-state index contributed by atoms with van der Waals surface area (Å²) in [4.78, 5) is 16.5. The number of hydrogen-bond acceptors (Lipinski definition) is 5. The van der Waals surface area contributed by atoms with Gasteiger partial charge in [0.15, 0.2) is 11.0 Å². The number of rotatable bonds is 11. The first-order valence-electron chi connectivity index (χ1n) is 10.5. The van der Waals surface area contributed by atoms with Gasteiger partial charge in [-0.1, -0.05) is 63.1 Å². The number of nitrogens with one attached hydrogen (secondary N) is 1. The summed E-state index contributed by atoms with van der Waals surface area (Å²) in [6, 6.07) is 13.8. The molecule has 3 aromatic rings. The van der Waals surface area contributed by atoms with Crippen molar-refractivity contribution in [2.24, 2.45) is 5.92 Å². The van der Waals surface area contributed by atoms with E-state index in [9.17, 15) is 4.79 Å². The normalized spacial score (nSPS) is 11.9. The van der Waals surface area contributed by atoms with Crippen LogP contribution in [0.4, 0.5) is 0 Å². The van der Waals surface area contributed by atoms with E-state index in [1.54, 1.807) is 12.4 Å². The number of thioether (sulfide) groups is 1. The second-order valence-electron chi connectivity index (χ2n) is 7.22. The maximum absolute atomic E-state index is 12.4. The molecule has 30 heavy (non-hydrogen) atoms. The van der Waals surface area contributed by atoms with E-state index in [1.165, 1.54) is 24.6 Å². The highest BCUT2D eigenvalue weighted by molar-refractivity contribution is 7.99. The smallest absolute Gasteiger partial charge is 0.230 e. The Morgan fingerprint density at radius 3 is 2.57 bits per heavy atom. The van der Waals surface area contributed by atoms with Crippen molar-refractivity contribution < 1.29 is 4.79 Å². The van der Waals surface area contributed by atoms with Crippen LogP contribution in [-0.2, 0) is 4.79 Å². The fraction of sp³-hybridized carbons (Fsp3) is 0.391. The Morgan fingerprint density at radius 2 is 1.87 bits per heavy atom. The van der Waals surface area contributed by atoms with Crippen molar-refractivity contribution in [3.63, 3.8) is 0 Å². The van der Waals surface area contributed by atoms with E-state index in [4.69, 9.17) is 0 Å². The molecule has 0 fully saturated rings. The summed E-state index contributed by atoms with van der Waals surface area (Å²) < 4.78 is 1.99. The number of amides is 1. The van der Waals surface area contributed by atoms with Gasteiger partial charge >= 0.3 is 0 Å². The van der Waals surface area contributed by atoms with Crippen LogP contribution < -0.4 is 5.32 Å². The van der Waals surface area contributed by atoms with E-state index in [-0.39, 0.29) is 5.91 Å². The van der Waals surface area contributed by atoms with Gasteiger partial charge in [-0.05, 0) is 36.6 Å². The van der Waals surface area contributed by atoms with Gasteiger partial charge in [-0.25, -0.2) is 0 Å². The molecule has 0 spiro atoms. The zero-order chi connectivity index (χ0) is 21.2. The summed E-state index contributed by atoms with van der Waals surface area (Å²) >= 11 is 1.40. The summed E-state index contributed by atoms with van der Waals surface area (Å²) in [5.41, 5.74) is 1.89. The molecule has 1 N–H and O–H groups in total. The van der Waals surface area contributed by atoms with Crippen LogP contribution in [0.3, 0.4) is 0 Å². The standard InChI is InChI=1S/C23H29N5OS/c1-3-5-9-18(4-2)16-25-21(29)17-30-23-27-26-22(19-12-14-24-15-13-19)28(23)20-10-7-6-8-11-20/h6-8,10-15,18H,3-5,9,16-17H2,1-2H3,(H,25,29)/t18-/m0/s1. The second-order valence-corrected chi connectivity index (χ2v) is 8.16. The van der Waals surface area contributed by atoms with Crippen molar-refractivity contribution >= 4 is 17.7 Å². The molecule has 3 rings (SSSR count). The lowest BCUT2D eigenvalue weighted by atomic mass is 9.99. The van der Waals surface area contributed by atoms with Crippen LogP contribution in [0, 0.1) is 5.92 Å². The first-order chi connectivity index (χ1) is 14.7. The molecule has 6 nitrogen and oxygen atoms in total. The number of unbranched alkanes of at least 4 members (excludes halogenated alkanes) is 1. The lowest BCUT2D eigenvalue weighted by molar-refractivity contribution is -0.118. The number of hydrogen-bond donors (Lipinski definition) is 1. The molecule has 0 aliphatic carbocycles. The topological polar surface area (TPSA) is 72.7 Å². The molecule has 0 aliphatic rings. The minimum Gasteiger partial charge on any atom is -0.355 e. The Balaban J connectivity index is 1.70. The summed E-state index contributed by atoms with van der Waals surface area (Å²) in [6.45, 7) is 5.12. The van der Waals surface area contributed by atoms with E-state index in [2.05, 4.69) is 34.3 Å². The van der Waals surface area contributed by atoms with Crippen LogP contribution >= 0.6 is 11.8 Å². The number of para-hydroxylation sites is 1. The lowest BCUT2D eigenvalue weighted by Crippen LogP contribution is -2.30. The summed E-state index contributed by atoms with van der Waals surface area (Å²) in [7, 11) is 0. The highest BCUT2D eigenvalue weighted by Gasteiger charge is 2.17. The van der Waals surface area contributed by atoms with Crippen LogP contribution in [-0.4, -0.2) is 38.0 Å². The largest absolute Gasteiger partial charge is 0.355 e. The van der Waals surface area contributed by atoms with Gasteiger partial charge in [0.1, 0.15) is 0 Å². The summed E-state index contributed by atoms with van der Waals surface area (Å²) in [5.74, 6) is 1.62. The maximum atomic E-state index is 12.4. The average Bonchev–Trinajstić information content (AvgIpc) is 3.23. The number of benzene rings is 1. The van der Waals surface area contributed by atoms with Crippen molar-refractivity contribution in [2.45, 2.75) is 44.7 Å². The molecule has 2 heterocycles. The maximum Gasteiger partial charge on any atom is 0.230 e. The predicted octanol–water partition coefficient (Wildman–Crippen LogP) is 4.75. The van der Waals surface area contributed by atoms with Crippen molar-refractivity contribution in [3.8, 4) is 17.1 Å². The fourth-order valence-electron chi connectivity index (χ4n) is 3.24. The predicted molar refractivity (Wildman–Crippen MR) is 122 cm³/mol. The van der Waals surface area contributed by atoms with Gasteiger partial charge in [0, 0.05) is 30.2 Å². The highest BCUT2D eigenvalue weighted by atomic mass is 32.2. The molecule has 0 saturated carbocycles. The molecule has 1 aromatic carbocycles. The molecule has 0 radical (unpaired) electrons. The van der Waals surface area contributed by atoms with Crippen LogP contribution in [0.1, 0.15) is 39.5 Å². The summed E-state index contributed by atoms with van der Waals surface area (Å²) in [6.07, 6.45) is 8.13. The van der Waals surface area contributed by atoms with Gasteiger partial charge in [-0.2, -0.15) is 0 Å². The molecule has 0 unspecified atom stereocenters. The number of nitrogens with zero attached hydrogens (tertiary/aromatic N) is 4. The molecule has 1 atom stereocenters. The lowest BCUT2D eigenvalue weighted by Gasteiger charge is -2.15. The Morgan fingerprint density at radius 1 is 1.10 bits per heavy atom. The number of carbonyl (C=O) groups is 1. The van der Waals surface area contributed by atoms with Crippen LogP contribution in [0.5, 0.6) is 0 Å². The van der Waals surface area contributed by atoms with Gasteiger partial charge < -0.3 is 5.32 Å². The van der Waals surface area contributed by atoms with Crippen LogP contribution in [0.25, 0.3) is 17.1 Å². The van der Waals surface area contributed by atoms with Gasteiger partial charge in [0.05, 0.1) is 5.75 Å². The molecular formula is C23H29N5OS. The van der Waals surface area contributed by atoms with E-state index >= 15 is 0 Å². The number of aromatic nitrogens is 4. The van der Waals surface area contributed by atoms with E-state index in [1.807, 2.05) is 47.0 Å². The first-order valence-corrected chi connectivity index (χ1v) is 11.5. The highest BCUT2D eigenvalue weighted by Crippen LogP contribution is 2.27. The average molecular weight is 424 g/mol. The third-order valence-electron chi connectivity index (χ3n) is 5.05. The van der Waals surface area contributed by atoms with E-state index in [0.717, 1.165) is 36.5 Å². The molecular weight excluding hydrogens is 394 g/mol. The molecule has 1 amide bonds. The van der Waals surface area contributed by atoms with E-state index in [0.29, 0.717) is 16.8 Å². The van der Waals surface area contributed by atoms with Crippen molar-refractivity contribution in [1.29, 1.82) is 0 Å². The number of pyridine rings is 1. The minimum absolute atomic E-state index is 0.0306. The van der Waals surface area contributed by atoms with Crippen molar-refractivity contribution in [2.75, 3.05) is 12.3 Å². The molecule has 0 saturated heterocycles. The Bertz CT molecular complexity index is 914. The van der Waals surface area contributed by atoms with Crippen molar-refractivity contribution in [3.05, 3.63) is 54.9 Å². The molecule has 0 bridgehead atoms. The number of carbonyl (C=O) groups excluding carboxylic acids is 1. The molecule has 2 aromatic heterocycles. The Labute approximate surface area is 182 Å². The minimum atomic E-state index is 0.0306. The summed E-state index contributed by atoms with van der Waals surface area (Å²) in [5, 5.41) is 12.5. The third-order valence-corrected chi connectivity index (χ3v) is 5.98. The van der Waals surface area contributed by atoms with E-state index < -0.39 is 0 Å². The molecule has 7 heteroatoms. The third kappa shape index (κ3) is 5.92. The van der Waals surface area contributed by atoms with Crippen LogP contribution in [0.2, 0.25) is 0 Å². The monoisotopic (exact) mass is 423 g/mol. The quantitative estimate of drug-likeness (QED) is 0.450. The zero-order valence-corrected chi connectivity index (χ0v) is 18.4. The second kappa shape index (κ2) is 11.5. The van der Waals surface area contributed by atoms with Crippen molar-refractivity contribution in [1.82, 2.24) is 25.1 Å². The first kappa shape index (κ1) is 22.0. The SMILES string of the molecule is CCCC[C@H](CC)CNC(=O)CSc1nnc(-c2ccncc2)n1-c1ccccc1. The molecule has 0 aliphatic heterocycles. The van der Waals surface area contributed by atoms with Gasteiger partial charge in [-0.3, -0.25) is 14.3 Å². The van der Waals surface area contributed by atoms with Crippen LogP contribution in [0.15, 0.2) is 60.0 Å². The Hall–Kier alpha value is -2.67. The molecule has 158 valence electrons. The van der Waals surface area contributed by atoms with Gasteiger partial charge in [-0.15, -0.1) is 10.2 Å². The Kier molecular flexibility index (Phi) is 8.44. The van der Waals surface area contributed by atoms with Gasteiger partial charge in [0.25, 0.3) is 0 Å². The fourth-order valence-corrected chi connectivity index (χ4v) is 4.03. The zero-order valence-electron chi connectivity index (χ0n) is 17.6. The van der Waals surface area contributed by atoms with Gasteiger partial charge in [0.2, 0.25) is 5.91 Å².